The molecule has 0 radical (unpaired) electrons. The molecule has 0 saturated carbocycles. The van der Waals surface area contributed by atoms with Crippen molar-refractivity contribution in [1.82, 2.24) is 15.0 Å². The van der Waals surface area contributed by atoms with Crippen LogP contribution in [0.1, 0.15) is 27.7 Å². The molecule has 0 bridgehead atoms. The molecule has 0 unspecified atom stereocenters. The Kier molecular flexibility index (Phi) is 5.79. The summed E-state index contributed by atoms with van der Waals surface area (Å²) >= 11 is 0. The van der Waals surface area contributed by atoms with Crippen LogP contribution in [-0.4, -0.2) is 48.7 Å². The summed E-state index contributed by atoms with van der Waals surface area (Å²) in [6.45, 7) is 11.3. The highest BCUT2D eigenvalue weighted by Gasteiger charge is 2.13. The summed E-state index contributed by atoms with van der Waals surface area (Å²) in [5, 5.41) is 3.00. The quantitative estimate of drug-likeness (QED) is 0.813. The minimum Gasteiger partial charge on any atom is -0.357 e. The van der Waals surface area contributed by atoms with Crippen molar-refractivity contribution < 1.29 is 0 Å². The summed E-state index contributed by atoms with van der Waals surface area (Å²) in [5.74, 6) is 2.63. The molecule has 0 aliphatic carbocycles. The fraction of sp³-hybridized carbons (Fsp3) is 0.769. The predicted octanol–water partition coefficient (Wildman–Crippen LogP) is 1.85. The number of hydrogen-bond acceptors (Lipinski definition) is 6. The van der Waals surface area contributed by atoms with E-state index in [1.165, 1.54) is 0 Å². The van der Waals surface area contributed by atoms with E-state index >= 15 is 0 Å². The van der Waals surface area contributed by atoms with Crippen molar-refractivity contribution in [2.45, 2.75) is 27.7 Å². The number of rotatable bonds is 7. The Morgan fingerprint density at radius 2 is 1.63 bits per heavy atom. The Labute approximate surface area is 116 Å². The molecule has 1 aromatic heterocycles. The zero-order valence-electron chi connectivity index (χ0n) is 12.9. The van der Waals surface area contributed by atoms with Gasteiger partial charge in [-0.3, -0.25) is 0 Å². The van der Waals surface area contributed by atoms with Crippen LogP contribution >= 0.6 is 0 Å². The van der Waals surface area contributed by atoms with Crippen LogP contribution < -0.4 is 15.1 Å². The van der Waals surface area contributed by atoms with Gasteiger partial charge in [-0.15, -0.1) is 0 Å². The van der Waals surface area contributed by atoms with E-state index in [0.717, 1.165) is 31.5 Å². The van der Waals surface area contributed by atoms with Crippen LogP contribution in [0.2, 0.25) is 0 Å². The Balaban J connectivity index is 3.07. The largest absolute Gasteiger partial charge is 0.357 e. The molecule has 0 fully saturated rings. The van der Waals surface area contributed by atoms with Crippen molar-refractivity contribution >= 4 is 17.8 Å². The molecule has 1 heterocycles. The third-order valence-electron chi connectivity index (χ3n) is 2.86. The predicted molar refractivity (Wildman–Crippen MR) is 81.0 cm³/mol. The molecule has 0 amide bonds. The van der Waals surface area contributed by atoms with Crippen molar-refractivity contribution in [2.75, 3.05) is 48.8 Å². The van der Waals surface area contributed by atoms with Gasteiger partial charge in [-0.05, 0) is 19.8 Å². The average molecular weight is 266 g/mol. The van der Waals surface area contributed by atoms with Crippen LogP contribution in [0, 0.1) is 5.92 Å². The van der Waals surface area contributed by atoms with E-state index in [-0.39, 0.29) is 0 Å². The summed E-state index contributed by atoms with van der Waals surface area (Å²) in [5.41, 5.74) is 0. The van der Waals surface area contributed by atoms with E-state index in [1.54, 1.807) is 0 Å². The van der Waals surface area contributed by atoms with Crippen molar-refractivity contribution in [3.63, 3.8) is 0 Å². The highest BCUT2D eigenvalue weighted by atomic mass is 15.4. The van der Waals surface area contributed by atoms with Gasteiger partial charge in [-0.25, -0.2) is 0 Å². The van der Waals surface area contributed by atoms with Gasteiger partial charge in [0.15, 0.2) is 0 Å². The average Bonchev–Trinajstić information content (AvgIpc) is 2.39. The Morgan fingerprint density at radius 3 is 2.11 bits per heavy atom. The van der Waals surface area contributed by atoms with Crippen LogP contribution in [0.4, 0.5) is 17.8 Å². The first kappa shape index (κ1) is 15.5. The zero-order chi connectivity index (χ0) is 14.4. The lowest BCUT2D eigenvalue weighted by molar-refractivity contribution is 0.628. The van der Waals surface area contributed by atoms with Crippen LogP contribution in [0.5, 0.6) is 0 Å². The summed E-state index contributed by atoms with van der Waals surface area (Å²) in [7, 11) is 3.84. The SMILES string of the molecule is CCN(CC)c1nc(NC)nc(N(C)CC(C)C)n1. The Hall–Kier alpha value is -1.59. The lowest BCUT2D eigenvalue weighted by Crippen LogP contribution is -2.29. The molecule has 19 heavy (non-hydrogen) atoms. The molecule has 108 valence electrons. The number of nitrogens with one attached hydrogen (secondary N) is 1. The minimum absolute atomic E-state index is 0.566. The second-order valence-electron chi connectivity index (χ2n) is 4.96. The van der Waals surface area contributed by atoms with Gasteiger partial charge in [0.1, 0.15) is 0 Å². The number of anilines is 3. The third kappa shape index (κ3) is 4.22. The molecule has 6 nitrogen and oxygen atoms in total. The molecule has 1 rings (SSSR count). The fourth-order valence-electron chi connectivity index (χ4n) is 1.91. The van der Waals surface area contributed by atoms with Crippen LogP contribution in [0.15, 0.2) is 0 Å². The molecule has 0 aliphatic rings. The van der Waals surface area contributed by atoms with E-state index in [1.807, 2.05) is 14.1 Å². The second-order valence-corrected chi connectivity index (χ2v) is 4.96. The van der Waals surface area contributed by atoms with Gasteiger partial charge in [0.2, 0.25) is 17.8 Å². The van der Waals surface area contributed by atoms with Gasteiger partial charge in [0.05, 0.1) is 0 Å². The van der Waals surface area contributed by atoms with E-state index < -0.39 is 0 Å². The van der Waals surface area contributed by atoms with Crippen molar-refractivity contribution in [2.24, 2.45) is 5.92 Å². The van der Waals surface area contributed by atoms with Crippen molar-refractivity contribution in [1.29, 1.82) is 0 Å². The molecule has 1 N–H and O–H groups in total. The Bertz CT molecular complexity index is 389. The van der Waals surface area contributed by atoms with Gasteiger partial charge >= 0.3 is 0 Å². The highest BCUT2D eigenvalue weighted by molar-refractivity contribution is 5.44. The smallest absolute Gasteiger partial charge is 0.231 e. The Morgan fingerprint density at radius 1 is 1.05 bits per heavy atom. The molecule has 0 aromatic carbocycles. The van der Waals surface area contributed by atoms with Gasteiger partial charge in [-0.2, -0.15) is 15.0 Å². The summed E-state index contributed by atoms with van der Waals surface area (Å²) < 4.78 is 0. The molecule has 0 aliphatic heterocycles. The van der Waals surface area contributed by atoms with E-state index in [0.29, 0.717) is 11.9 Å². The van der Waals surface area contributed by atoms with Gasteiger partial charge in [0.25, 0.3) is 0 Å². The van der Waals surface area contributed by atoms with E-state index in [2.05, 4.69) is 57.8 Å². The molecular weight excluding hydrogens is 240 g/mol. The van der Waals surface area contributed by atoms with Gasteiger partial charge in [0, 0.05) is 33.7 Å². The maximum atomic E-state index is 4.57. The number of aromatic nitrogens is 3. The molecule has 0 atom stereocenters. The van der Waals surface area contributed by atoms with Gasteiger partial charge in [-0.1, -0.05) is 13.8 Å². The normalized spacial score (nSPS) is 10.7. The summed E-state index contributed by atoms with van der Waals surface area (Å²) in [6, 6.07) is 0. The lowest BCUT2D eigenvalue weighted by Gasteiger charge is -2.23. The second kappa shape index (κ2) is 7.11. The standard InChI is InChI=1S/C13H26N6/c1-7-19(8-2)13-16-11(14-5)15-12(17-13)18(6)9-10(3)4/h10H,7-9H2,1-6H3,(H,14,15,16,17). The first-order valence-electron chi connectivity index (χ1n) is 6.91. The first-order chi connectivity index (χ1) is 9.01. The van der Waals surface area contributed by atoms with Crippen molar-refractivity contribution in [3.8, 4) is 0 Å². The molecule has 6 heteroatoms. The summed E-state index contributed by atoms with van der Waals surface area (Å²) in [6.07, 6.45) is 0. The first-order valence-corrected chi connectivity index (χ1v) is 6.91. The maximum absolute atomic E-state index is 4.57. The van der Waals surface area contributed by atoms with Gasteiger partial charge < -0.3 is 15.1 Å². The fourth-order valence-corrected chi connectivity index (χ4v) is 1.91. The van der Waals surface area contributed by atoms with Crippen LogP contribution in [0.25, 0.3) is 0 Å². The molecular formula is C13H26N6. The van der Waals surface area contributed by atoms with Crippen LogP contribution in [-0.2, 0) is 0 Å². The summed E-state index contributed by atoms with van der Waals surface area (Å²) in [4.78, 5) is 17.6. The van der Waals surface area contributed by atoms with Crippen molar-refractivity contribution in [3.05, 3.63) is 0 Å². The topological polar surface area (TPSA) is 57.2 Å². The minimum atomic E-state index is 0.566. The lowest BCUT2D eigenvalue weighted by atomic mass is 10.2. The maximum Gasteiger partial charge on any atom is 0.231 e. The zero-order valence-corrected chi connectivity index (χ0v) is 12.9. The molecule has 0 saturated heterocycles. The monoisotopic (exact) mass is 266 g/mol. The number of nitrogens with zero attached hydrogens (tertiary/aromatic N) is 5. The molecule has 1 aromatic rings. The number of hydrogen-bond donors (Lipinski definition) is 1. The highest BCUT2D eigenvalue weighted by Crippen LogP contribution is 2.16. The van der Waals surface area contributed by atoms with E-state index in [9.17, 15) is 0 Å². The van der Waals surface area contributed by atoms with Crippen LogP contribution in [0.3, 0.4) is 0 Å². The molecule has 0 spiro atoms. The third-order valence-corrected chi connectivity index (χ3v) is 2.86. The van der Waals surface area contributed by atoms with E-state index in [4.69, 9.17) is 0 Å².